The number of ether oxygens (including phenoxy) is 1. The van der Waals surface area contributed by atoms with Crippen LogP contribution in [0.5, 0.6) is 5.75 Å². The number of hydrogen-bond donors (Lipinski definition) is 3. The van der Waals surface area contributed by atoms with Crippen LogP contribution in [0.1, 0.15) is 12.8 Å². The Kier molecular flexibility index (Phi) is 5.83. The Labute approximate surface area is 201 Å². The second-order valence-corrected chi connectivity index (χ2v) is 10.7. The zero-order valence-corrected chi connectivity index (χ0v) is 19.5. The van der Waals surface area contributed by atoms with Crippen molar-refractivity contribution in [3.63, 3.8) is 0 Å². The molecule has 2 amide bonds. The van der Waals surface area contributed by atoms with Crippen LogP contribution in [-0.4, -0.2) is 77.8 Å². The smallest absolute Gasteiger partial charge is 0.405 e. The van der Waals surface area contributed by atoms with Crippen LogP contribution in [-0.2, 0) is 14.8 Å². The summed E-state index contributed by atoms with van der Waals surface area (Å²) in [6.45, 7) is 3.91. The van der Waals surface area contributed by atoms with Crippen molar-refractivity contribution < 1.29 is 27.9 Å². The summed E-state index contributed by atoms with van der Waals surface area (Å²) in [6.07, 6.45) is 2.50. The minimum atomic E-state index is -4.03. The van der Waals surface area contributed by atoms with Gasteiger partial charge in [-0.25, -0.2) is 13.2 Å². The van der Waals surface area contributed by atoms with E-state index >= 15 is 0 Å². The quantitative estimate of drug-likeness (QED) is 0.522. The summed E-state index contributed by atoms with van der Waals surface area (Å²) in [6, 6.07) is 6.98. The fourth-order valence-corrected chi connectivity index (χ4v) is 5.90. The topological polar surface area (TPSA) is 150 Å². The predicted molar refractivity (Wildman–Crippen MR) is 128 cm³/mol. The lowest BCUT2D eigenvalue weighted by molar-refractivity contribution is -0.133. The first-order chi connectivity index (χ1) is 16.7. The van der Waals surface area contributed by atoms with Gasteiger partial charge in [0.05, 0.1) is 29.9 Å². The summed E-state index contributed by atoms with van der Waals surface area (Å²) in [5, 5.41) is 12.0. The molecule has 5 unspecified atom stereocenters. The predicted octanol–water partition coefficient (Wildman–Crippen LogP) is 1.13. The first-order valence-corrected chi connectivity index (χ1v) is 12.9. The van der Waals surface area contributed by atoms with Crippen molar-refractivity contribution >= 4 is 38.8 Å². The molecule has 3 heterocycles. The number of amidine groups is 1. The molecule has 5 rings (SSSR count). The number of pyridine rings is 1. The molecule has 0 spiro atoms. The van der Waals surface area contributed by atoms with E-state index in [0.717, 1.165) is 17.3 Å². The van der Waals surface area contributed by atoms with E-state index < -0.39 is 46.0 Å². The molecule has 1 aromatic heterocycles. The van der Waals surface area contributed by atoms with Crippen molar-refractivity contribution in [3.05, 3.63) is 49.2 Å². The molecule has 2 saturated heterocycles. The monoisotopic (exact) mass is 499 g/mol. The van der Waals surface area contributed by atoms with E-state index in [-0.39, 0.29) is 30.8 Å². The number of carbonyl (C=O) groups is 2. The molecule has 184 valence electrons. The first kappa shape index (κ1) is 23.1. The Hall–Kier alpha value is -3.67. The minimum absolute atomic E-state index is 0.112. The molecule has 11 nitrogen and oxygen atoms in total. The number of carbonyl (C=O) groups excluding carboxylic acids is 1. The van der Waals surface area contributed by atoms with Gasteiger partial charge in [-0.05, 0) is 24.6 Å². The number of carboxylic acid groups (broad SMARTS) is 1. The molecule has 5 atom stereocenters. The number of nitrogens with zero attached hydrogens (tertiary/aromatic N) is 3. The van der Waals surface area contributed by atoms with Gasteiger partial charge in [-0.2, -0.15) is 0 Å². The molecule has 3 aliphatic rings. The molecule has 1 aromatic carbocycles. The van der Waals surface area contributed by atoms with E-state index in [1.54, 1.807) is 18.3 Å². The van der Waals surface area contributed by atoms with Gasteiger partial charge in [0.15, 0.2) is 0 Å². The Bertz CT molecular complexity index is 1320. The van der Waals surface area contributed by atoms with Gasteiger partial charge < -0.3 is 20.1 Å². The number of fused-ring (bicyclic) bond motifs is 2. The van der Waals surface area contributed by atoms with Crippen molar-refractivity contribution in [3.8, 4) is 5.75 Å². The minimum Gasteiger partial charge on any atom is -0.488 e. The number of hydrogen-bond acceptors (Lipinski definition) is 7. The number of para-hydroxylation sites is 1. The van der Waals surface area contributed by atoms with Crippen molar-refractivity contribution in [2.24, 2.45) is 10.9 Å². The summed E-state index contributed by atoms with van der Waals surface area (Å²) in [5.41, 5.74) is 0.760. The van der Waals surface area contributed by atoms with Crippen molar-refractivity contribution in [2.45, 2.75) is 37.1 Å². The zero-order chi connectivity index (χ0) is 24.7. The van der Waals surface area contributed by atoms with E-state index in [0.29, 0.717) is 5.75 Å². The van der Waals surface area contributed by atoms with Crippen LogP contribution < -0.4 is 14.8 Å². The highest BCUT2D eigenvalue weighted by Crippen LogP contribution is 2.36. The molecule has 0 bridgehead atoms. The largest absolute Gasteiger partial charge is 0.488 e. The third kappa shape index (κ3) is 4.78. The van der Waals surface area contributed by atoms with Gasteiger partial charge in [-0.3, -0.25) is 19.5 Å². The Morgan fingerprint density at radius 2 is 2.11 bits per heavy atom. The lowest BCUT2D eigenvalue weighted by Crippen LogP contribution is -2.60. The normalized spacial score (nSPS) is 30.6. The van der Waals surface area contributed by atoms with Gasteiger partial charge >= 0.3 is 6.09 Å². The van der Waals surface area contributed by atoms with E-state index in [9.17, 15) is 23.1 Å². The van der Waals surface area contributed by atoms with Crippen LogP contribution in [0.25, 0.3) is 10.9 Å². The van der Waals surface area contributed by atoms with Crippen LogP contribution in [0.4, 0.5) is 4.79 Å². The van der Waals surface area contributed by atoms with Crippen LogP contribution >= 0.6 is 0 Å². The Morgan fingerprint density at radius 3 is 2.86 bits per heavy atom. The standard InChI is InChI=1S/C23H25N5O6S/c1-2-13-9-17(13)25-21-19-10-14(34-20-7-8-24-16-6-4-3-5-15(16)20)11-28(19)22(29)18(26-23(30)31)12-35(32,33)27-21/h2-8,13-14,17-19,26H,1,9-12H2,(H,25,27)(H,30,31). The number of aromatic nitrogens is 1. The molecule has 35 heavy (non-hydrogen) atoms. The maximum absolute atomic E-state index is 13.4. The van der Waals surface area contributed by atoms with Crippen molar-refractivity contribution in [2.75, 3.05) is 12.3 Å². The van der Waals surface area contributed by atoms with Crippen LogP contribution in [0.3, 0.4) is 0 Å². The molecule has 3 fully saturated rings. The molecule has 2 aromatic rings. The van der Waals surface area contributed by atoms with E-state index in [1.807, 2.05) is 29.6 Å². The number of aliphatic imine (C=N–C) groups is 1. The molecule has 1 saturated carbocycles. The molecular weight excluding hydrogens is 474 g/mol. The number of rotatable bonds is 5. The molecule has 12 heteroatoms. The Balaban J connectivity index is 1.48. The molecule has 0 radical (unpaired) electrons. The number of sulfonamides is 1. The second-order valence-electron chi connectivity index (χ2n) is 8.91. The molecule has 3 N–H and O–H groups in total. The summed E-state index contributed by atoms with van der Waals surface area (Å²) < 4.78 is 34.3. The third-order valence-electron chi connectivity index (χ3n) is 6.42. The lowest BCUT2D eigenvalue weighted by Gasteiger charge is -2.32. The second kappa shape index (κ2) is 8.84. The maximum atomic E-state index is 13.4. The Morgan fingerprint density at radius 1 is 1.31 bits per heavy atom. The van der Waals surface area contributed by atoms with Crippen LogP contribution in [0.15, 0.2) is 54.2 Å². The molecule has 2 aliphatic heterocycles. The summed E-state index contributed by atoms with van der Waals surface area (Å²) in [7, 11) is -4.03. The number of amides is 2. The molecule has 1 aliphatic carbocycles. The van der Waals surface area contributed by atoms with Gasteiger partial charge in [0.25, 0.3) is 0 Å². The average molecular weight is 500 g/mol. The summed E-state index contributed by atoms with van der Waals surface area (Å²) >= 11 is 0. The maximum Gasteiger partial charge on any atom is 0.405 e. The van der Waals surface area contributed by atoms with Gasteiger partial charge in [-0.1, -0.05) is 18.2 Å². The van der Waals surface area contributed by atoms with Gasteiger partial charge in [0, 0.05) is 23.9 Å². The number of nitrogens with one attached hydrogen (secondary N) is 2. The van der Waals surface area contributed by atoms with E-state index in [1.165, 1.54) is 4.90 Å². The highest BCUT2D eigenvalue weighted by atomic mass is 32.2. The van der Waals surface area contributed by atoms with Gasteiger partial charge in [0.2, 0.25) is 15.9 Å². The van der Waals surface area contributed by atoms with E-state index in [4.69, 9.17) is 4.74 Å². The summed E-state index contributed by atoms with van der Waals surface area (Å²) in [5.74, 6) is -0.434. The van der Waals surface area contributed by atoms with Gasteiger partial charge in [0.1, 0.15) is 23.7 Å². The SMILES string of the molecule is C=CC1CC1N=C1NS(=O)(=O)CC(NC(=O)O)C(=O)N2CC(Oc3ccnc4ccccc34)CC12. The third-order valence-corrected chi connectivity index (χ3v) is 7.71. The fourth-order valence-electron chi connectivity index (χ4n) is 4.64. The number of benzene rings is 1. The van der Waals surface area contributed by atoms with Crippen molar-refractivity contribution in [1.29, 1.82) is 0 Å². The van der Waals surface area contributed by atoms with Gasteiger partial charge in [-0.15, -0.1) is 6.58 Å². The van der Waals surface area contributed by atoms with E-state index in [2.05, 4.69) is 21.3 Å². The molecular formula is C23H25N5O6S. The van der Waals surface area contributed by atoms with Crippen LogP contribution in [0.2, 0.25) is 0 Å². The fraction of sp³-hybridized carbons (Fsp3) is 0.391. The summed E-state index contributed by atoms with van der Waals surface area (Å²) in [4.78, 5) is 35.0. The van der Waals surface area contributed by atoms with Crippen LogP contribution in [0, 0.1) is 5.92 Å². The van der Waals surface area contributed by atoms with Crippen molar-refractivity contribution in [1.82, 2.24) is 19.9 Å². The highest BCUT2D eigenvalue weighted by Gasteiger charge is 2.47. The average Bonchev–Trinajstić information content (AvgIpc) is 3.44. The first-order valence-electron chi connectivity index (χ1n) is 11.2. The zero-order valence-electron chi connectivity index (χ0n) is 18.7. The lowest BCUT2D eigenvalue weighted by atomic mass is 10.1. The highest BCUT2D eigenvalue weighted by molar-refractivity contribution is 7.90.